The summed E-state index contributed by atoms with van der Waals surface area (Å²) in [6.45, 7) is 0.624. The number of hydrogen-bond acceptors (Lipinski definition) is 1. The summed E-state index contributed by atoms with van der Waals surface area (Å²) in [4.78, 5) is 0. The minimum Gasteiger partial charge on any atom is -0.381 e. The number of benzene rings is 3. The highest BCUT2D eigenvalue weighted by molar-refractivity contribution is 6.30. The van der Waals surface area contributed by atoms with Crippen LogP contribution in [0, 0.1) is 11.9 Å². The number of hydrogen-bond donors (Lipinski definition) is 1. The van der Waals surface area contributed by atoms with Gasteiger partial charge in [-0.05, 0) is 59.2 Å². The van der Waals surface area contributed by atoms with Gasteiger partial charge in [0.25, 0.3) is 0 Å². The summed E-state index contributed by atoms with van der Waals surface area (Å²) in [6, 6.07) is 23.3. The summed E-state index contributed by atoms with van der Waals surface area (Å²) in [5.74, 6) is -0.242. The van der Waals surface area contributed by atoms with Gasteiger partial charge < -0.3 is 5.32 Å². The van der Waals surface area contributed by atoms with E-state index in [1.165, 1.54) is 12.1 Å². The van der Waals surface area contributed by atoms with E-state index in [1.807, 2.05) is 42.5 Å². The van der Waals surface area contributed by atoms with Gasteiger partial charge in [-0.25, -0.2) is 4.39 Å². The van der Waals surface area contributed by atoms with Crippen molar-refractivity contribution in [2.75, 3.05) is 5.32 Å². The quantitative estimate of drug-likeness (QED) is 0.665. The molecule has 22 heavy (non-hydrogen) atoms. The fraction of sp³-hybridized carbons (Fsp3) is 0.0526. The van der Waals surface area contributed by atoms with Crippen molar-refractivity contribution < 1.29 is 4.39 Å². The molecule has 0 aromatic heterocycles. The Morgan fingerprint density at radius 2 is 1.82 bits per heavy atom. The van der Waals surface area contributed by atoms with Crippen LogP contribution in [0.1, 0.15) is 5.56 Å². The largest absolute Gasteiger partial charge is 0.381 e. The Labute approximate surface area is 134 Å². The van der Waals surface area contributed by atoms with Crippen LogP contribution < -0.4 is 5.32 Å². The van der Waals surface area contributed by atoms with Crippen LogP contribution in [-0.2, 0) is 6.54 Å². The topological polar surface area (TPSA) is 12.0 Å². The fourth-order valence-corrected chi connectivity index (χ4v) is 2.35. The molecule has 0 aliphatic carbocycles. The van der Waals surface area contributed by atoms with Crippen molar-refractivity contribution in [1.82, 2.24) is 0 Å². The third-order valence-corrected chi connectivity index (χ3v) is 3.59. The first-order chi connectivity index (χ1) is 10.7. The molecule has 0 amide bonds. The smallest absolute Gasteiger partial charge is 0.125 e. The lowest BCUT2D eigenvalue weighted by molar-refractivity contribution is 0.628. The van der Waals surface area contributed by atoms with Crippen molar-refractivity contribution in [2.45, 2.75) is 6.54 Å². The molecule has 0 fully saturated rings. The van der Waals surface area contributed by atoms with Gasteiger partial charge >= 0.3 is 0 Å². The number of anilines is 1. The lowest BCUT2D eigenvalue weighted by Gasteiger charge is -2.08. The van der Waals surface area contributed by atoms with Crippen molar-refractivity contribution in [1.29, 1.82) is 0 Å². The summed E-state index contributed by atoms with van der Waals surface area (Å²) in [5, 5.41) is 3.93. The predicted octanol–water partition coefficient (Wildman–Crippen LogP) is 5.56. The van der Waals surface area contributed by atoms with E-state index in [4.69, 9.17) is 11.6 Å². The highest BCUT2D eigenvalue weighted by Crippen LogP contribution is 2.22. The molecular formula is C19H14ClFN. The number of halogens is 2. The second kappa shape index (κ2) is 6.63. The van der Waals surface area contributed by atoms with E-state index in [0.29, 0.717) is 11.6 Å². The van der Waals surface area contributed by atoms with Gasteiger partial charge in [-0.1, -0.05) is 41.9 Å². The van der Waals surface area contributed by atoms with Crippen LogP contribution in [0.25, 0.3) is 11.1 Å². The Kier molecular flexibility index (Phi) is 4.40. The zero-order valence-corrected chi connectivity index (χ0v) is 12.6. The van der Waals surface area contributed by atoms with E-state index < -0.39 is 0 Å². The maximum atomic E-state index is 13.2. The second-order valence-corrected chi connectivity index (χ2v) is 5.42. The molecule has 0 spiro atoms. The zero-order chi connectivity index (χ0) is 15.4. The number of rotatable bonds is 4. The van der Waals surface area contributed by atoms with Crippen LogP contribution in [0.4, 0.5) is 10.1 Å². The van der Waals surface area contributed by atoms with Crippen molar-refractivity contribution in [3.05, 3.63) is 89.2 Å². The molecule has 3 heteroatoms. The highest BCUT2D eigenvalue weighted by Gasteiger charge is 2.01. The Balaban J connectivity index is 1.75. The normalized spacial score (nSPS) is 10.5. The van der Waals surface area contributed by atoms with Crippen LogP contribution in [-0.4, -0.2) is 0 Å². The third-order valence-electron chi connectivity index (χ3n) is 3.34. The zero-order valence-electron chi connectivity index (χ0n) is 11.8. The molecule has 3 rings (SSSR count). The summed E-state index contributed by atoms with van der Waals surface area (Å²) in [5.41, 5.74) is 3.95. The molecule has 0 unspecified atom stereocenters. The molecular weight excluding hydrogens is 297 g/mol. The first kappa shape index (κ1) is 14.6. The monoisotopic (exact) mass is 310 g/mol. The van der Waals surface area contributed by atoms with Crippen molar-refractivity contribution in [2.24, 2.45) is 0 Å². The molecule has 0 aliphatic rings. The van der Waals surface area contributed by atoms with E-state index in [9.17, 15) is 4.39 Å². The van der Waals surface area contributed by atoms with Gasteiger partial charge in [0.2, 0.25) is 0 Å². The first-order valence-electron chi connectivity index (χ1n) is 6.97. The second-order valence-electron chi connectivity index (χ2n) is 4.98. The SMILES string of the molecule is Fc1cccc(NCc2cc[c]c(-c3ccc(Cl)cc3)c2)c1. The van der Waals surface area contributed by atoms with Crippen LogP contribution >= 0.6 is 11.6 Å². The molecule has 0 atom stereocenters. The van der Waals surface area contributed by atoms with E-state index >= 15 is 0 Å². The summed E-state index contributed by atoms with van der Waals surface area (Å²) in [7, 11) is 0. The van der Waals surface area contributed by atoms with E-state index in [0.717, 1.165) is 22.4 Å². The Morgan fingerprint density at radius 3 is 2.59 bits per heavy atom. The molecule has 3 aromatic carbocycles. The van der Waals surface area contributed by atoms with Gasteiger partial charge in [-0.15, -0.1) is 0 Å². The molecule has 0 saturated heterocycles. The Morgan fingerprint density at radius 1 is 1.00 bits per heavy atom. The van der Waals surface area contributed by atoms with Crippen LogP contribution in [0.5, 0.6) is 0 Å². The Hall–Kier alpha value is -2.32. The van der Waals surface area contributed by atoms with Gasteiger partial charge in [0.1, 0.15) is 5.82 Å². The fourth-order valence-electron chi connectivity index (χ4n) is 2.22. The van der Waals surface area contributed by atoms with Gasteiger partial charge in [-0.3, -0.25) is 0 Å². The van der Waals surface area contributed by atoms with E-state index in [2.05, 4.69) is 17.4 Å². The van der Waals surface area contributed by atoms with E-state index in [-0.39, 0.29) is 5.82 Å². The summed E-state index contributed by atoms with van der Waals surface area (Å²) in [6.07, 6.45) is 0. The molecule has 0 aliphatic heterocycles. The van der Waals surface area contributed by atoms with Gasteiger partial charge in [0.05, 0.1) is 0 Å². The van der Waals surface area contributed by atoms with Gasteiger partial charge in [0, 0.05) is 17.3 Å². The van der Waals surface area contributed by atoms with Crippen molar-refractivity contribution >= 4 is 17.3 Å². The predicted molar refractivity (Wildman–Crippen MR) is 89.5 cm³/mol. The van der Waals surface area contributed by atoms with Crippen molar-refractivity contribution in [3.63, 3.8) is 0 Å². The van der Waals surface area contributed by atoms with E-state index in [1.54, 1.807) is 6.07 Å². The molecule has 1 radical (unpaired) electrons. The molecule has 0 bridgehead atoms. The average Bonchev–Trinajstić information content (AvgIpc) is 2.54. The van der Waals surface area contributed by atoms with Crippen molar-refractivity contribution in [3.8, 4) is 11.1 Å². The van der Waals surface area contributed by atoms with Gasteiger partial charge in [0.15, 0.2) is 0 Å². The average molecular weight is 311 g/mol. The summed E-state index contributed by atoms with van der Waals surface area (Å²) >= 11 is 5.91. The Bertz CT molecular complexity index is 768. The molecule has 109 valence electrons. The minimum atomic E-state index is -0.242. The molecule has 0 heterocycles. The minimum absolute atomic E-state index is 0.242. The first-order valence-corrected chi connectivity index (χ1v) is 7.34. The van der Waals surface area contributed by atoms with Crippen LogP contribution in [0.3, 0.4) is 0 Å². The molecule has 1 nitrogen and oxygen atoms in total. The molecule has 0 saturated carbocycles. The number of nitrogens with one attached hydrogen (secondary N) is 1. The lowest BCUT2D eigenvalue weighted by atomic mass is 10.0. The standard InChI is InChI=1S/C19H14ClFN/c20-17-9-7-15(8-10-17)16-4-1-3-14(11-16)13-22-19-6-2-5-18(21)12-19/h1-3,5-12,22H,13H2. The summed E-state index contributed by atoms with van der Waals surface area (Å²) < 4.78 is 13.2. The maximum Gasteiger partial charge on any atom is 0.125 e. The maximum absolute atomic E-state index is 13.2. The molecule has 1 N–H and O–H groups in total. The lowest BCUT2D eigenvalue weighted by Crippen LogP contribution is -1.99. The van der Waals surface area contributed by atoms with Crippen LogP contribution in [0.2, 0.25) is 5.02 Å². The third kappa shape index (κ3) is 3.66. The highest BCUT2D eigenvalue weighted by atomic mass is 35.5. The molecule has 3 aromatic rings. The van der Waals surface area contributed by atoms with Crippen LogP contribution in [0.15, 0.2) is 66.7 Å². The van der Waals surface area contributed by atoms with Gasteiger partial charge in [-0.2, -0.15) is 0 Å².